The Morgan fingerprint density at radius 2 is 1.83 bits per heavy atom. The van der Waals surface area contributed by atoms with E-state index in [1.165, 1.54) is 0 Å². The van der Waals surface area contributed by atoms with E-state index in [-0.39, 0.29) is 0 Å². The summed E-state index contributed by atoms with van der Waals surface area (Å²) in [7, 11) is 2.05. The monoisotopic (exact) mass is 321 g/mol. The highest BCUT2D eigenvalue weighted by Gasteiger charge is 2.14. The number of aromatic nitrogens is 2. The van der Waals surface area contributed by atoms with E-state index in [9.17, 15) is 0 Å². The second-order valence-corrected chi connectivity index (χ2v) is 6.16. The molecular weight excluding hydrogens is 306 g/mol. The lowest BCUT2D eigenvalue weighted by Gasteiger charge is -2.05. The highest BCUT2D eigenvalue weighted by molar-refractivity contribution is 6.31. The molecule has 2 heterocycles. The van der Waals surface area contributed by atoms with Crippen LogP contribution in [0.1, 0.15) is 0 Å². The Bertz CT molecular complexity index is 1010. The summed E-state index contributed by atoms with van der Waals surface area (Å²) in [4.78, 5) is 3.22. The van der Waals surface area contributed by atoms with E-state index in [0.717, 1.165) is 43.9 Å². The van der Waals surface area contributed by atoms with Crippen LogP contribution in [0.5, 0.6) is 0 Å². The van der Waals surface area contributed by atoms with Gasteiger partial charge >= 0.3 is 0 Å². The number of halogens is 1. The summed E-state index contributed by atoms with van der Waals surface area (Å²) in [5.41, 5.74) is 12.4. The number of nitrogens with zero attached hydrogens (tertiary/aromatic N) is 1. The van der Waals surface area contributed by atoms with E-state index in [0.29, 0.717) is 0 Å². The zero-order chi connectivity index (χ0) is 16.0. The predicted octanol–water partition coefficient (Wildman–Crippen LogP) is 5.08. The molecule has 0 aliphatic carbocycles. The lowest BCUT2D eigenvalue weighted by molar-refractivity contribution is 0.970. The third kappa shape index (κ3) is 2.30. The Labute approximate surface area is 139 Å². The number of hydrogen-bond acceptors (Lipinski definition) is 1. The number of aryl methyl sites for hydroxylation is 1. The zero-order valence-electron chi connectivity index (χ0n) is 12.7. The minimum Gasteiger partial charge on any atom is -0.399 e. The van der Waals surface area contributed by atoms with Crippen molar-refractivity contribution in [1.82, 2.24) is 9.55 Å². The second kappa shape index (κ2) is 5.21. The number of fused-ring (bicyclic) bond motifs is 1. The summed E-state index contributed by atoms with van der Waals surface area (Å²) in [5, 5.41) is 1.88. The molecule has 0 aliphatic heterocycles. The van der Waals surface area contributed by atoms with Gasteiger partial charge in [0.1, 0.15) is 0 Å². The van der Waals surface area contributed by atoms with Crippen molar-refractivity contribution in [1.29, 1.82) is 0 Å². The average Bonchev–Trinajstić information content (AvgIpc) is 3.12. The molecule has 0 fully saturated rings. The number of nitrogen functional groups attached to an aromatic ring is 1. The van der Waals surface area contributed by atoms with Crippen molar-refractivity contribution in [3.05, 3.63) is 66.1 Å². The van der Waals surface area contributed by atoms with Gasteiger partial charge in [-0.25, -0.2) is 0 Å². The van der Waals surface area contributed by atoms with Crippen LogP contribution in [0.3, 0.4) is 0 Å². The maximum absolute atomic E-state index is 6.21. The van der Waals surface area contributed by atoms with Gasteiger partial charge in [-0.1, -0.05) is 23.7 Å². The molecule has 2 aromatic carbocycles. The van der Waals surface area contributed by atoms with Gasteiger partial charge in [-0.2, -0.15) is 0 Å². The first-order valence-corrected chi connectivity index (χ1v) is 7.79. The van der Waals surface area contributed by atoms with Gasteiger partial charge in [0.25, 0.3) is 0 Å². The van der Waals surface area contributed by atoms with Gasteiger partial charge in [0.15, 0.2) is 0 Å². The average molecular weight is 322 g/mol. The van der Waals surface area contributed by atoms with Crippen molar-refractivity contribution >= 4 is 28.2 Å². The highest BCUT2D eigenvalue weighted by atomic mass is 35.5. The molecule has 0 saturated carbocycles. The molecule has 0 saturated heterocycles. The first-order chi connectivity index (χ1) is 11.1. The summed E-state index contributed by atoms with van der Waals surface area (Å²) in [6, 6.07) is 13.9. The van der Waals surface area contributed by atoms with Gasteiger partial charge in [0, 0.05) is 63.9 Å². The molecule has 0 spiro atoms. The van der Waals surface area contributed by atoms with Gasteiger partial charge in [-0.15, -0.1) is 0 Å². The molecule has 114 valence electrons. The van der Waals surface area contributed by atoms with Gasteiger partial charge in [-0.05, 0) is 35.9 Å². The maximum atomic E-state index is 6.21. The molecule has 23 heavy (non-hydrogen) atoms. The lowest BCUT2D eigenvalue weighted by Crippen LogP contribution is -1.85. The number of H-pyrrole nitrogens is 1. The molecule has 0 aliphatic rings. The van der Waals surface area contributed by atoms with Crippen LogP contribution in [0.25, 0.3) is 33.2 Å². The maximum Gasteiger partial charge on any atom is 0.0485 e. The quantitative estimate of drug-likeness (QED) is 0.497. The fourth-order valence-corrected chi connectivity index (χ4v) is 3.28. The van der Waals surface area contributed by atoms with Gasteiger partial charge in [0.2, 0.25) is 0 Å². The lowest BCUT2D eigenvalue weighted by atomic mass is 9.98. The first-order valence-electron chi connectivity index (χ1n) is 7.41. The number of nitrogens with two attached hydrogens (primary N) is 1. The van der Waals surface area contributed by atoms with Crippen LogP contribution < -0.4 is 5.73 Å². The molecule has 2 aromatic heterocycles. The van der Waals surface area contributed by atoms with E-state index in [1.54, 1.807) is 0 Å². The van der Waals surface area contributed by atoms with E-state index in [4.69, 9.17) is 17.3 Å². The number of hydrogen-bond donors (Lipinski definition) is 2. The Kier molecular flexibility index (Phi) is 3.17. The van der Waals surface area contributed by atoms with Crippen LogP contribution in [-0.4, -0.2) is 9.55 Å². The minimum atomic E-state index is 0.742. The third-order valence-electron chi connectivity index (χ3n) is 4.18. The SMILES string of the molecule is Cn1cc(-c2c[nH]cc2-c2cccc(N)c2)c2cc(Cl)ccc21. The molecule has 0 bridgehead atoms. The van der Waals surface area contributed by atoms with E-state index < -0.39 is 0 Å². The number of benzene rings is 2. The van der Waals surface area contributed by atoms with E-state index in [2.05, 4.69) is 21.8 Å². The van der Waals surface area contributed by atoms with Crippen LogP contribution in [-0.2, 0) is 7.05 Å². The fraction of sp³-hybridized carbons (Fsp3) is 0.0526. The standard InChI is InChI=1S/C19H16ClN3/c1-23-11-18(15-8-13(20)5-6-19(15)23)17-10-22-9-16(17)12-3-2-4-14(21)7-12/h2-11,22H,21H2,1H3. The Morgan fingerprint density at radius 3 is 2.65 bits per heavy atom. The van der Waals surface area contributed by atoms with Crippen molar-refractivity contribution < 1.29 is 0 Å². The second-order valence-electron chi connectivity index (χ2n) is 5.72. The molecule has 4 rings (SSSR count). The fourth-order valence-electron chi connectivity index (χ4n) is 3.11. The Hall–Kier alpha value is -2.65. The Morgan fingerprint density at radius 1 is 1.00 bits per heavy atom. The van der Waals surface area contributed by atoms with Crippen LogP contribution in [0.2, 0.25) is 5.02 Å². The zero-order valence-corrected chi connectivity index (χ0v) is 13.4. The third-order valence-corrected chi connectivity index (χ3v) is 4.42. The largest absolute Gasteiger partial charge is 0.399 e. The van der Waals surface area contributed by atoms with Gasteiger partial charge in [0.05, 0.1) is 0 Å². The summed E-state index contributed by atoms with van der Waals surface area (Å²) in [6.45, 7) is 0. The summed E-state index contributed by atoms with van der Waals surface area (Å²) < 4.78 is 2.12. The minimum absolute atomic E-state index is 0.742. The van der Waals surface area contributed by atoms with E-state index in [1.807, 2.05) is 55.8 Å². The smallest absolute Gasteiger partial charge is 0.0485 e. The van der Waals surface area contributed by atoms with Crippen LogP contribution >= 0.6 is 11.6 Å². The summed E-state index contributed by atoms with van der Waals surface area (Å²) >= 11 is 6.21. The van der Waals surface area contributed by atoms with Crippen molar-refractivity contribution in [2.24, 2.45) is 7.05 Å². The molecule has 3 N–H and O–H groups in total. The summed E-state index contributed by atoms with van der Waals surface area (Å²) in [5.74, 6) is 0. The molecular formula is C19H16ClN3. The first kappa shape index (κ1) is 14.0. The number of rotatable bonds is 2. The van der Waals surface area contributed by atoms with Crippen molar-refractivity contribution in [2.75, 3.05) is 5.73 Å². The van der Waals surface area contributed by atoms with Crippen molar-refractivity contribution in [3.8, 4) is 22.3 Å². The van der Waals surface area contributed by atoms with Gasteiger partial charge in [-0.3, -0.25) is 0 Å². The molecule has 0 unspecified atom stereocenters. The molecule has 3 nitrogen and oxygen atoms in total. The summed E-state index contributed by atoms with van der Waals surface area (Å²) in [6.07, 6.45) is 6.17. The van der Waals surface area contributed by atoms with Crippen molar-refractivity contribution in [3.63, 3.8) is 0 Å². The van der Waals surface area contributed by atoms with E-state index >= 15 is 0 Å². The normalized spacial score (nSPS) is 11.2. The Balaban J connectivity index is 1.97. The topological polar surface area (TPSA) is 46.7 Å². The van der Waals surface area contributed by atoms with Gasteiger partial charge < -0.3 is 15.3 Å². The molecule has 0 atom stereocenters. The number of aromatic amines is 1. The highest BCUT2D eigenvalue weighted by Crippen LogP contribution is 2.38. The van der Waals surface area contributed by atoms with Crippen molar-refractivity contribution in [2.45, 2.75) is 0 Å². The van der Waals surface area contributed by atoms with Crippen LogP contribution in [0, 0.1) is 0 Å². The predicted molar refractivity (Wildman–Crippen MR) is 97.6 cm³/mol. The van der Waals surface area contributed by atoms with Crippen LogP contribution in [0.4, 0.5) is 5.69 Å². The number of nitrogens with one attached hydrogen (secondary N) is 1. The molecule has 4 aromatic rings. The molecule has 4 heteroatoms. The number of anilines is 1. The molecule has 0 amide bonds. The van der Waals surface area contributed by atoms with Crippen LogP contribution in [0.15, 0.2) is 61.1 Å². The molecule has 0 radical (unpaired) electrons.